The Morgan fingerprint density at radius 2 is 1.82 bits per heavy atom. The van der Waals surface area contributed by atoms with Gasteiger partial charge in [0.05, 0.1) is 22.5 Å². The van der Waals surface area contributed by atoms with E-state index in [-0.39, 0.29) is 11.7 Å². The molecule has 2 aromatic carbocycles. The minimum atomic E-state index is -0.181. The molecule has 3 aromatic rings. The van der Waals surface area contributed by atoms with Crippen molar-refractivity contribution in [2.75, 3.05) is 38.1 Å². The van der Waals surface area contributed by atoms with E-state index in [1.165, 1.54) is 5.56 Å². The van der Waals surface area contributed by atoms with Gasteiger partial charge in [0, 0.05) is 57.1 Å². The summed E-state index contributed by atoms with van der Waals surface area (Å²) < 4.78 is 0. The van der Waals surface area contributed by atoms with Gasteiger partial charge in [-0.05, 0) is 35.9 Å². The van der Waals surface area contributed by atoms with Crippen LogP contribution in [0.3, 0.4) is 0 Å². The van der Waals surface area contributed by atoms with E-state index in [0.29, 0.717) is 23.1 Å². The summed E-state index contributed by atoms with van der Waals surface area (Å²) in [6, 6.07) is 17.2. The fourth-order valence-corrected chi connectivity index (χ4v) is 4.15. The van der Waals surface area contributed by atoms with Gasteiger partial charge in [-0.1, -0.05) is 30.8 Å². The molecule has 0 bridgehead atoms. The number of aromatic nitrogens is 1. The molecule has 0 atom stereocenters. The zero-order valence-corrected chi connectivity index (χ0v) is 19.2. The van der Waals surface area contributed by atoms with Crippen LogP contribution in [-0.4, -0.2) is 60.4 Å². The number of hydrogen-bond acceptors (Lipinski definition) is 6. The summed E-state index contributed by atoms with van der Waals surface area (Å²) in [6.07, 6.45) is 2.26. The Balaban J connectivity index is 1.37. The highest BCUT2D eigenvalue weighted by molar-refractivity contribution is 5.97. The smallest absolute Gasteiger partial charge is 0.253 e. The van der Waals surface area contributed by atoms with Crippen molar-refractivity contribution < 1.29 is 14.7 Å². The molecule has 1 fully saturated rings. The highest BCUT2D eigenvalue weighted by Crippen LogP contribution is 2.25. The summed E-state index contributed by atoms with van der Waals surface area (Å²) in [4.78, 5) is 32.1. The number of rotatable bonds is 7. The van der Waals surface area contributed by atoms with Crippen molar-refractivity contribution in [3.8, 4) is 17.0 Å². The molecule has 34 heavy (non-hydrogen) atoms. The summed E-state index contributed by atoms with van der Waals surface area (Å²) in [5, 5.41) is 12.6. The first-order chi connectivity index (χ1) is 16.5. The maximum Gasteiger partial charge on any atom is 0.253 e. The third kappa shape index (κ3) is 5.00. The monoisotopic (exact) mass is 456 g/mol. The van der Waals surface area contributed by atoms with Crippen molar-refractivity contribution in [2.24, 2.45) is 0 Å². The van der Waals surface area contributed by atoms with Crippen LogP contribution < -0.4 is 10.2 Å². The van der Waals surface area contributed by atoms with E-state index in [1.54, 1.807) is 31.3 Å². The van der Waals surface area contributed by atoms with Crippen molar-refractivity contribution in [3.05, 3.63) is 83.6 Å². The number of carbonyl (C=O) groups is 2. The molecule has 0 spiro atoms. The fraction of sp³-hybridized carbons (Fsp3) is 0.222. The molecule has 2 heterocycles. The predicted molar refractivity (Wildman–Crippen MR) is 134 cm³/mol. The third-order valence-electron chi connectivity index (χ3n) is 6.12. The first kappa shape index (κ1) is 23.2. The molecule has 1 aliphatic heterocycles. The van der Waals surface area contributed by atoms with Gasteiger partial charge in [0.25, 0.3) is 5.91 Å². The molecule has 0 radical (unpaired) electrons. The summed E-state index contributed by atoms with van der Waals surface area (Å²) >= 11 is 0. The number of phenolic OH excluding ortho intramolecular Hbond substituents is 1. The second-order valence-corrected chi connectivity index (χ2v) is 8.23. The van der Waals surface area contributed by atoms with Crippen LogP contribution in [0.4, 0.5) is 5.69 Å². The number of aldehydes is 1. The zero-order valence-electron chi connectivity index (χ0n) is 19.2. The topological polar surface area (TPSA) is 85.8 Å². The van der Waals surface area contributed by atoms with Crippen molar-refractivity contribution in [1.82, 2.24) is 15.2 Å². The number of benzene rings is 2. The SMILES string of the molecule is C=Cc1nc(-c2ccc(CN3CCN(c4ccc(C=O)c(O)c4)CC3)cc2)ccc1C(=O)NC. The second kappa shape index (κ2) is 10.3. The number of anilines is 1. The van der Waals surface area contributed by atoms with E-state index in [0.717, 1.165) is 49.7 Å². The Kier molecular flexibility index (Phi) is 7.04. The molecule has 1 saturated heterocycles. The van der Waals surface area contributed by atoms with Crippen LogP contribution in [0.2, 0.25) is 0 Å². The molecule has 1 amide bonds. The predicted octanol–water partition coefficient (Wildman–Crippen LogP) is 3.59. The molecule has 2 N–H and O–H groups in total. The van der Waals surface area contributed by atoms with Crippen molar-refractivity contribution in [1.29, 1.82) is 0 Å². The largest absolute Gasteiger partial charge is 0.507 e. The number of aromatic hydroxyl groups is 1. The molecule has 7 nitrogen and oxygen atoms in total. The van der Waals surface area contributed by atoms with E-state index in [4.69, 9.17) is 0 Å². The van der Waals surface area contributed by atoms with Crippen molar-refractivity contribution in [2.45, 2.75) is 6.54 Å². The van der Waals surface area contributed by atoms with Crippen LogP contribution >= 0.6 is 0 Å². The number of carbonyl (C=O) groups excluding carboxylic acids is 2. The number of hydrogen-bond donors (Lipinski definition) is 2. The van der Waals surface area contributed by atoms with E-state index >= 15 is 0 Å². The van der Waals surface area contributed by atoms with E-state index in [1.807, 2.05) is 12.1 Å². The van der Waals surface area contributed by atoms with Gasteiger partial charge in [0.1, 0.15) is 5.75 Å². The standard InChI is InChI=1S/C27H28N4O3/c1-3-24-23(27(34)28-2)10-11-25(29-24)20-6-4-19(5-7-20)17-30-12-14-31(15-13-30)22-9-8-21(18-32)26(33)16-22/h3-11,16,18,33H,1,12-15,17H2,2H3,(H,28,34). The van der Waals surface area contributed by atoms with E-state index in [2.05, 4.69) is 50.9 Å². The van der Waals surface area contributed by atoms with Crippen LogP contribution in [-0.2, 0) is 6.54 Å². The zero-order chi connectivity index (χ0) is 24.1. The Morgan fingerprint density at radius 3 is 2.44 bits per heavy atom. The number of phenols is 1. The second-order valence-electron chi connectivity index (χ2n) is 8.23. The number of pyridine rings is 1. The van der Waals surface area contributed by atoms with Crippen LogP contribution in [0.5, 0.6) is 5.75 Å². The lowest BCUT2D eigenvalue weighted by molar-refractivity contribution is 0.0962. The molecule has 4 rings (SSSR count). The molecule has 1 aromatic heterocycles. The van der Waals surface area contributed by atoms with Crippen LogP contribution in [0, 0.1) is 0 Å². The fourth-order valence-electron chi connectivity index (χ4n) is 4.15. The molecule has 1 aliphatic rings. The maximum atomic E-state index is 12.0. The van der Waals surface area contributed by atoms with Gasteiger partial charge >= 0.3 is 0 Å². The van der Waals surface area contributed by atoms with E-state index in [9.17, 15) is 14.7 Å². The Bertz CT molecular complexity index is 1200. The Hall–Kier alpha value is -3.97. The minimum Gasteiger partial charge on any atom is -0.507 e. The van der Waals surface area contributed by atoms with Gasteiger partial charge in [-0.2, -0.15) is 0 Å². The number of nitrogens with zero attached hydrogens (tertiary/aromatic N) is 3. The normalized spacial score (nSPS) is 14.0. The Morgan fingerprint density at radius 1 is 1.09 bits per heavy atom. The molecule has 0 unspecified atom stereocenters. The van der Waals surface area contributed by atoms with Crippen LogP contribution in [0.25, 0.3) is 17.3 Å². The average Bonchev–Trinajstić information content (AvgIpc) is 2.88. The van der Waals surface area contributed by atoms with Crippen molar-refractivity contribution >= 4 is 24.0 Å². The number of nitrogens with one attached hydrogen (secondary N) is 1. The lowest BCUT2D eigenvalue weighted by atomic mass is 10.1. The lowest BCUT2D eigenvalue weighted by Gasteiger charge is -2.36. The highest BCUT2D eigenvalue weighted by Gasteiger charge is 2.18. The minimum absolute atomic E-state index is 0.0213. The first-order valence-corrected chi connectivity index (χ1v) is 11.2. The molecule has 0 aliphatic carbocycles. The number of piperazine rings is 1. The molecular formula is C27H28N4O3. The molecule has 7 heteroatoms. The van der Waals surface area contributed by atoms with Gasteiger partial charge in [-0.25, -0.2) is 4.98 Å². The molecular weight excluding hydrogens is 428 g/mol. The summed E-state index contributed by atoms with van der Waals surface area (Å²) in [5.74, 6) is -0.160. The summed E-state index contributed by atoms with van der Waals surface area (Å²) in [5.41, 5.74) is 5.31. The lowest BCUT2D eigenvalue weighted by Crippen LogP contribution is -2.45. The third-order valence-corrected chi connectivity index (χ3v) is 6.12. The van der Waals surface area contributed by atoms with E-state index < -0.39 is 0 Å². The van der Waals surface area contributed by atoms with Crippen LogP contribution in [0.15, 0.2) is 61.2 Å². The molecule has 174 valence electrons. The Labute approximate surface area is 199 Å². The maximum absolute atomic E-state index is 12.0. The highest BCUT2D eigenvalue weighted by atomic mass is 16.3. The number of amides is 1. The van der Waals surface area contributed by atoms with Gasteiger partial charge in [0.15, 0.2) is 6.29 Å². The van der Waals surface area contributed by atoms with Gasteiger partial charge in [-0.3, -0.25) is 14.5 Å². The molecule has 0 saturated carbocycles. The first-order valence-electron chi connectivity index (χ1n) is 11.2. The van der Waals surface area contributed by atoms with Crippen molar-refractivity contribution in [3.63, 3.8) is 0 Å². The quantitative estimate of drug-likeness (QED) is 0.529. The summed E-state index contributed by atoms with van der Waals surface area (Å²) in [6.45, 7) is 8.15. The van der Waals surface area contributed by atoms with Gasteiger partial charge in [-0.15, -0.1) is 0 Å². The van der Waals surface area contributed by atoms with Crippen LogP contribution in [0.1, 0.15) is 32.0 Å². The average molecular weight is 457 g/mol. The van der Waals surface area contributed by atoms with Gasteiger partial charge < -0.3 is 15.3 Å². The summed E-state index contributed by atoms with van der Waals surface area (Å²) in [7, 11) is 1.60. The van der Waals surface area contributed by atoms with Gasteiger partial charge in [0.2, 0.25) is 0 Å².